The van der Waals surface area contributed by atoms with Gasteiger partial charge in [-0.25, -0.2) is 0 Å². The molecule has 4 rings (SSSR count). The zero-order chi connectivity index (χ0) is 17.2. The summed E-state index contributed by atoms with van der Waals surface area (Å²) >= 11 is 0. The third-order valence-corrected chi connectivity index (χ3v) is 6.24. The molecule has 25 heavy (non-hydrogen) atoms. The molecule has 1 aromatic carbocycles. The van der Waals surface area contributed by atoms with Crippen LogP contribution < -0.4 is 5.32 Å². The SMILES string of the molecule is O=C(NC1CC1)[C@H](O)C1CCN(C[C@H]2CCc3ccccc3C2)CC1. The molecule has 1 saturated carbocycles. The van der Waals surface area contributed by atoms with E-state index < -0.39 is 6.10 Å². The molecule has 0 radical (unpaired) electrons. The van der Waals surface area contributed by atoms with Gasteiger partial charge in [-0.2, -0.15) is 0 Å². The van der Waals surface area contributed by atoms with Gasteiger partial charge in [-0.05, 0) is 81.0 Å². The maximum absolute atomic E-state index is 12.0. The van der Waals surface area contributed by atoms with Gasteiger partial charge in [0, 0.05) is 12.6 Å². The number of rotatable bonds is 5. The van der Waals surface area contributed by atoms with Gasteiger partial charge in [0.25, 0.3) is 0 Å². The molecule has 0 unspecified atom stereocenters. The highest BCUT2D eigenvalue weighted by atomic mass is 16.3. The Morgan fingerprint density at radius 3 is 2.56 bits per heavy atom. The topological polar surface area (TPSA) is 52.6 Å². The van der Waals surface area contributed by atoms with Crippen LogP contribution in [0.3, 0.4) is 0 Å². The molecule has 2 atom stereocenters. The first-order chi connectivity index (χ1) is 12.2. The number of aryl methyl sites for hydroxylation is 1. The zero-order valence-electron chi connectivity index (χ0n) is 15.0. The van der Waals surface area contributed by atoms with E-state index >= 15 is 0 Å². The van der Waals surface area contributed by atoms with Crippen LogP contribution in [0.5, 0.6) is 0 Å². The molecular formula is C21H30N2O2. The Morgan fingerprint density at radius 2 is 1.84 bits per heavy atom. The van der Waals surface area contributed by atoms with Crippen molar-refractivity contribution in [1.29, 1.82) is 0 Å². The molecular weight excluding hydrogens is 312 g/mol. The summed E-state index contributed by atoms with van der Waals surface area (Å²) < 4.78 is 0. The maximum atomic E-state index is 12.0. The molecule has 1 aromatic rings. The van der Waals surface area contributed by atoms with Gasteiger partial charge in [-0.3, -0.25) is 4.79 Å². The second kappa shape index (κ2) is 7.46. The summed E-state index contributed by atoms with van der Waals surface area (Å²) in [6.45, 7) is 3.18. The van der Waals surface area contributed by atoms with Gasteiger partial charge in [0.05, 0.1) is 0 Å². The van der Waals surface area contributed by atoms with Crippen LogP contribution in [0, 0.1) is 11.8 Å². The van der Waals surface area contributed by atoms with Crippen LogP contribution in [0.2, 0.25) is 0 Å². The van der Waals surface area contributed by atoms with Crippen molar-refractivity contribution in [3.05, 3.63) is 35.4 Å². The molecule has 1 saturated heterocycles. The molecule has 0 spiro atoms. The van der Waals surface area contributed by atoms with E-state index in [1.54, 1.807) is 0 Å². The number of aliphatic hydroxyl groups excluding tert-OH is 1. The number of likely N-dealkylation sites (tertiary alicyclic amines) is 1. The van der Waals surface area contributed by atoms with Crippen molar-refractivity contribution in [3.63, 3.8) is 0 Å². The van der Waals surface area contributed by atoms with Crippen LogP contribution in [0.15, 0.2) is 24.3 Å². The largest absolute Gasteiger partial charge is 0.383 e. The normalized spacial score (nSPS) is 26.0. The van der Waals surface area contributed by atoms with Crippen molar-refractivity contribution in [1.82, 2.24) is 10.2 Å². The fourth-order valence-corrected chi connectivity index (χ4v) is 4.47. The number of amides is 1. The molecule has 3 aliphatic rings. The minimum absolute atomic E-state index is 0.127. The van der Waals surface area contributed by atoms with Gasteiger partial charge in [-0.1, -0.05) is 24.3 Å². The number of hydrogen-bond donors (Lipinski definition) is 2. The van der Waals surface area contributed by atoms with E-state index in [9.17, 15) is 9.90 Å². The van der Waals surface area contributed by atoms with Crippen LogP contribution in [-0.4, -0.2) is 47.7 Å². The van der Waals surface area contributed by atoms with Gasteiger partial charge in [-0.15, -0.1) is 0 Å². The minimum atomic E-state index is -0.815. The Balaban J connectivity index is 1.23. The highest BCUT2D eigenvalue weighted by Crippen LogP contribution is 2.28. The van der Waals surface area contributed by atoms with Crippen LogP contribution in [0.1, 0.15) is 43.2 Å². The lowest BCUT2D eigenvalue weighted by Gasteiger charge is -2.36. The molecule has 0 bridgehead atoms. The number of fused-ring (bicyclic) bond motifs is 1. The van der Waals surface area contributed by atoms with Crippen LogP contribution >= 0.6 is 0 Å². The van der Waals surface area contributed by atoms with E-state index in [0.717, 1.165) is 51.2 Å². The van der Waals surface area contributed by atoms with Crippen molar-refractivity contribution >= 4 is 5.91 Å². The fraction of sp³-hybridized carbons (Fsp3) is 0.667. The van der Waals surface area contributed by atoms with Gasteiger partial charge >= 0.3 is 0 Å². The number of hydrogen-bond acceptors (Lipinski definition) is 3. The number of carbonyl (C=O) groups excluding carboxylic acids is 1. The third-order valence-electron chi connectivity index (χ3n) is 6.24. The number of nitrogens with one attached hydrogen (secondary N) is 1. The highest BCUT2D eigenvalue weighted by molar-refractivity contribution is 5.81. The summed E-state index contributed by atoms with van der Waals surface area (Å²) in [5, 5.41) is 13.2. The average Bonchev–Trinajstić information content (AvgIpc) is 3.45. The number of benzene rings is 1. The Hall–Kier alpha value is -1.39. The predicted molar refractivity (Wildman–Crippen MR) is 98.3 cm³/mol. The lowest BCUT2D eigenvalue weighted by atomic mass is 9.83. The van der Waals surface area contributed by atoms with E-state index in [1.165, 1.54) is 30.4 Å². The molecule has 1 aliphatic heterocycles. The summed E-state index contributed by atoms with van der Waals surface area (Å²) in [6.07, 6.45) is 6.88. The van der Waals surface area contributed by atoms with Crippen LogP contribution in [0.4, 0.5) is 0 Å². The van der Waals surface area contributed by atoms with Crippen molar-refractivity contribution in [2.75, 3.05) is 19.6 Å². The Bertz CT molecular complexity index is 606. The molecule has 2 fully saturated rings. The van der Waals surface area contributed by atoms with Gasteiger partial charge < -0.3 is 15.3 Å². The predicted octanol–water partition coefficient (Wildman–Crippen LogP) is 2.14. The number of nitrogens with zero attached hydrogens (tertiary/aromatic N) is 1. The van der Waals surface area contributed by atoms with Crippen LogP contribution in [-0.2, 0) is 17.6 Å². The van der Waals surface area contributed by atoms with Crippen molar-refractivity contribution in [2.45, 2.75) is 57.1 Å². The van der Waals surface area contributed by atoms with E-state index in [-0.39, 0.29) is 11.8 Å². The van der Waals surface area contributed by atoms with Crippen molar-refractivity contribution in [2.24, 2.45) is 11.8 Å². The molecule has 136 valence electrons. The molecule has 4 nitrogen and oxygen atoms in total. The molecule has 1 heterocycles. The summed E-state index contributed by atoms with van der Waals surface area (Å²) in [6, 6.07) is 9.18. The van der Waals surface area contributed by atoms with Gasteiger partial charge in [0.2, 0.25) is 5.91 Å². The number of aliphatic hydroxyl groups is 1. The second-order valence-electron chi connectivity index (χ2n) is 8.24. The average molecular weight is 342 g/mol. The summed E-state index contributed by atoms with van der Waals surface area (Å²) in [7, 11) is 0. The van der Waals surface area contributed by atoms with E-state index in [4.69, 9.17) is 0 Å². The Labute approximate surface area is 150 Å². The quantitative estimate of drug-likeness (QED) is 0.862. The lowest BCUT2D eigenvalue weighted by molar-refractivity contribution is -0.133. The monoisotopic (exact) mass is 342 g/mol. The minimum Gasteiger partial charge on any atom is -0.383 e. The highest BCUT2D eigenvalue weighted by Gasteiger charge is 2.33. The fourth-order valence-electron chi connectivity index (χ4n) is 4.47. The van der Waals surface area contributed by atoms with Gasteiger partial charge in [0.15, 0.2) is 0 Å². The van der Waals surface area contributed by atoms with Crippen molar-refractivity contribution < 1.29 is 9.90 Å². The number of carbonyl (C=O) groups is 1. The van der Waals surface area contributed by atoms with Crippen molar-refractivity contribution in [3.8, 4) is 0 Å². The molecule has 2 aliphatic carbocycles. The summed E-state index contributed by atoms with van der Waals surface area (Å²) in [5.41, 5.74) is 3.06. The van der Waals surface area contributed by atoms with E-state index in [1.807, 2.05) is 0 Å². The molecule has 0 aromatic heterocycles. The standard InChI is InChI=1S/C21H30N2O2/c24-20(21(25)22-19-7-8-19)17-9-11-23(12-10-17)14-15-5-6-16-3-1-2-4-18(16)13-15/h1-4,15,17,19-20,24H,5-14H2,(H,22,25)/t15-,20+/m0/s1. The lowest BCUT2D eigenvalue weighted by Crippen LogP contribution is -2.46. The first-order valence-corrected chi connectivity index (χ1v) is 9.96. The molecule has 4 heteroatoms. The maximum Gasteiger partial charge on any atom is 0.249 e. The summed E-state index contributed by atoms with van der Waals surface area (Å²) in [4.78, 5) is 14.6. The molecule has 1 amide bonds. The first-order valence-electron chi connectivity index (χ1n) is 9.96. The Morgan fingerprint density at radius 1 is 1.12 bits per heavy atom. The molecule has 2 N–H and O–H groups in total. The van der Waals surface area contributed by atoms with E-state index in [2.05, 4.69) is 34.5 Å². The first kappa shape index (κ1) is 17.0. The Kier molecular flexibility index (Phi) is 5.09. The number of piperidine rings is 1. The van der Waals surface area contributed by atoms with Gasteiger partial charge in [0.1, 0.15) is 6.10 Å². The zero-order valence-corrected chi connectivity index (χ0v) is 15.0. The van der Waals surface area contributed by atoms with Crippen LogP contribution in [0.25, 0.3) is 0 Å². The second-order valence-corrected chi connectivity index (χ2v) is 8.24. The smallest absolute Gasteiger partial charge is 0.249 e. The van der Waals surface area contributed by atoms with E-state index in [0.29, 0.717) is 6.04 Å². The third kappa shape index (κ3) is 4.24. The summed E-state index contributed by atoms with van der Waals surface area (Å²) in [5.74, 6) is 0.724.